The van der Waals surface area contributed by atoms with Gasteiger partial charge in [0.15, 0.2) is 5.13 Å². The molecule has 0 aliphatic carbocycles. The van der Waals surface area contributed by atoms with E-state index in [0.29, 0.717) is 34.0 Å². The number of hydrogen-bond acceptors (Lipinski definition) is 8. The number of rotatable bonds is 7. The first-order valence-electron chi connectivity index (χ1n) is 8.84. The summed E-state index contributed by atoms with van der Waals surface area (Å²) < 4.78 is 0. The lowest BCUT2D eigenvalue weighted by atomic mass is 10.1. The van der Waals surface area contributed by atoms with Gasteiger partial charge < -0.3 is 21.5 Å². The molecule has 0 atom stereocenters. The van der Waals surface area contributed by atoms with Gasteiger partial charge in [0, 0.05) is 17.6 Å². The summed E-state index contributed by atoms with van der Waals surface area (Å²) in [5.41, 5.74) is 8.01. The van der Waals surface area contributed by atoms with Crippen molar-refractivity contribution in [3.63, 3.8) is 0 Å². The summed E-state index contributed by atoms with van der Waals surface area (Å²) in [6.07, 6.45) is 2.71. The van der Waals surface area contributed by atoms with Crippen molar-refractivity contribution in [3.8, 4) is 0 Å². The number of carboxylic acids is 1. The third-order valence-electron chi connectivity index (χ3n) is 4.28. The zero-order chi connectivity index (χ0) is 21.1. The molecule has 9 nitrogen and oxygen atoms in total. The lowest BCUT2D eigenvalue weighted by Crippen LogP contribution is -2.12. The van der Waals surface area contributed by atoms with Crippen molar-refractivity contribution >= 4 is 50.8 Å². The number of nitrogens with two attached hydrogens (primary N) is 1. The Morgan fingerprint density at radius 2 is 1.93 bits per heavy atom. The molecule has 0 aliphatic rings. The Hall–Kier alpha value is -4.05. The monoisotopic (exact) mass is 420 g/mol. The number of carbonyl (C=O) groups excluding carboxylic acids is 1. The van der Waals surface area contributed by atoms with Gasteiger partial charge in [-0.3, -0.25) is 4.79 Å². The second-order valence-electron chi connectivity index (χ2n) is 6.30. The Labute approximate surface area is 174 Å². The minimum absolute atomic E-state index is 0.168. The molecule has 10 heteroatoms. The summed E-state index contributed by atoms with van der Waals surface area (Å²) >= 11 is 1.06. The number of aromatic carboxylic acids is 1. The van der Waals surface area contributed by atoms with E-state index in [1.165, 1.54) is 12.5 Å². The van der Waals surface area contributed by atoms with Crippen LogP contribution in [0.25, 0.3) is 10.9 Å². The molecule has 0 saturated carbocycles. The minimum Gasteiger partial charge on any atom is -0.477 e. The van der Waals surface area contributed by atoms with Gasteiger partial charge in [0.2, 0.25) is 0 Å². The predicted octanol–water partition coefficient (Wildman–Crippen LogP) is 3.24. The Morgan fingerprint density at radius 1 is 1.10 bits per heavy atom. The first-order chi connectivity index (χ1) is 14.5. The molecule has 0 aliphatic heterocycles. The fourth-order valence-corrected chi connectivity index (χ4v) is 3.60. The molecular formula is C20H16N6O3S. The van der Waals surface area contributed by atoms with Gasteiger partial charge in [-0.1, -0.05) is 29.5 Å². The van der Waals surface area contributed by atoms with Crippen LogP contribution in [0.1, 0.15) is 25.6 Å². The number of thiazole rings is 1. The lowest BCUT2D eigenvalue weighted by molar-refractivity contribution is 0.0701. The SMILES string of the molecule is NC(=O)c1cccc2c(NCc3cccc(Nc4ncc(C(=O)O)s4)c3)ncnc12. The summed E-state index contributed by atoms with van der Waals surface area (Å²) in [7, 11) is 0. The number of carboxylic acid groups (broad SMARTS) is 1. The lowest BCUT2D eigenvalue weighted by Gasteiger charge is -2.11. The average Bonchev–Trinajstić information content (AvgIpc) is 3.21. The number of amides is 1. The Bertz CT molecular complexity index is 1260. The number of anilines is 3. The third kappa shape index (κ3) is 4.03. The van der Waals surface area contributed by atoms with Crippen molar-refractivity contribution in [3.05, 3.63) is 71.0 Å². The van der Waals surface area contributed by atoms with Crippen molar-refractivity contribution < 1.29 is 14.7 Å². The molecular weight excluding hydrogens is 404 g/mol. The number of para-hydroxylation sites is 1. The van der Waals surface area contributed by atoms with Crippen LogP contribution in [0.3, 0.4) is 0 Å². The van der Waals surface area contributed by atoms with Crippen LogP contribution < -0.4 is 16.4 Å². The van der Waals surface area contributed by atoms with E-state index in [1.807, 2.05) is 30.3 Å². The summed E-state index contributed by atoms with van der Waals surface area (Å²) in [4.78, 5) is 35.3. The Morgan fingerprint density at radius 3 is 2.70 bits per heavy atom. The number of hydrogen-bond donors (Lipinski definition) is 4. The molecule has 0 fully saturated rings. The van der Waals surface area contributed by atoms with Gasteiger partial charge in [0.25, 0.3) is 5.91 Å². The molecule has 2 heterocycles. The fourth-order valence-electron chi connectivity index (χ4n) is 2.93. The zero-order valence-corrected chi connectivity index (χ0v) is 16.3. The van der Waals surface area contributed by atoms with Gasteiger partial charge in [0.05, 0.1) is 17.3 Å². The van der Waals surface area contributed by atoms with Gasteiger partial charge in [-0.05, 0) is 29.8 Å². The average molecular weight is 420 g/mol. The molecule has 0 bridgehead atoms. The summed E-state index contributed by atoms with van der Waals surface area (Å²) in [6, 6.07) is 12.8. The van der Waals surface area contributed by atoms with Crippen LogP contribution in [0, 0.1) is 0 Å². The highest BCUT2D eigenvalue weighted by Crippen LogP contribution is 2.25. The number of primary amides is 1. The van der Waals surface area contributed by atoms with E-state index >= 15 is 0 Å². The maximum absolute atomic E-state index is 11.6. The second-order valence-corrected chi connectivity index (χ2v) is 7.33. The first kappa shape index (κ1) is 19.3. The predicted molar refractivity (Wildman–Crippen MR) is 114 cm³/mol. The molecule has 2 aromatic carbocycles. The van der Waals surface area contributed by atoms with Gasteiger partial charge >= 0.3 is 5.97 Å². The van der Waals surface area contributed by atoms with Crippen molar-refractivity contribution in [2.45, 2.75) is 6.54 Å². The molecule has 4 rings (SSSR count). The maximum Gasteiger partial charge on any atom is 0.347 e. The van der Waals surface area contributed by atoms with Crippen molar-refractivity contribution in [1.29, 1.82) is 0 Å². The molecule has 0 spiro atoms. The second kappa shape index (κ2) is 8.13. The number of nitrogens with one attached hydrogen (secondary N) is 2. The molecule has 1 amide bonds. The van der Waals surface area contributed by atoms with Gasteiger partial charge in [0.1, 0.15) is 17.0 Å². The van der Waals surface area contributed by atoms with E-state index in [4.69, 9.17) is 10.8 Å². The largest absolute Gasteiger partial charge is 0.477 e. The van der Waals surface area contributed by atoms with Crippen molar-refractivity contribution in [1.82, 2.24) is 15.0 Å². The van der Waals surface area contributed by atoms with Crippen LogP contribution in [0.4, 0.5) is 16.6 Å². The standard InChI is InChI=1S/C20H16N6O3S/c21-17(27)13-5-2-6-14-16(13)24-10-25-18(14)22-8-11-3-1-4-12(7-11)26-20-23-9-15(30-20)19(28)29/h1-7,9-10H,8H2,(H2,21,27)(H,23,26)(H,28,29)(H,22,24,25). The minimum atomic E-state index is -1.00. The highest BCUT2D eigenvalue weighted by atomic mass is 32.1. The van der Waals surface area contributed by atoms with Crippen LogP contribution in [0.5, 0.6) is 0 Å². The summed E-state index contributed by atoms with van der Waals surface area (Å²) in [5.74, 6) is -0.958. The molecule has 4 aromatic rings. The molecule has 150 valence electrons. The molecule has 30 heavy (non-hydrogen) atoms. The number of carbonyl (C=O) groups is 2. The van der Waals surface area contributed by atoms with Gasteiger partial charge in [-0.2, -0.15) is 0 Å². The van der Waals surface area contributed by atoms with E-state index < -0.39 is 11.9 Å². The highest BCUT2D eigenvalue weighted by molar-refractivity contribution is 7.17. The highest BCUT2D eigenvalue weighted by Gasteiger charge is 2.11. The van der Waals surface area contributed by atoms with E-state index in [0.717, 1.165) is 22.6 Å². The van der Waals surface area contributed by atoms with E-state index in [-0.39, 0.29) is 4.88 Å². The fraction of sp³-hybridized carbons (Fsp3) is 0.0500. The quantitative estimate of drug-likeness (QED) is 0.357. The van der Waals surface area contributed by atoms with E-state index in [9.17, 15) is 9.59 Å². The molecule has 5 N–H and O–H groups in total. The van der Waals surface area contributed by atoms with E-state index in [1.54, 1.807) is 12.1 Å². The Kier molecular flexibility index (Phi) is 5.22. The zero-order valence-electron chi connectivity index (χ0n) is 15.5. The number of benzene rings is 2. The molecule has 0 unspecified atom stereocenters. The molecule has 0 saturated heterocycles. The first-order valence-corrected chi connectivity index (χ1v) is 9.65. The normalized spacial score (nSPS) is 10.7. The summed E-state index contributed by atoms with van der Waals surface area (Å²) in [6.45, 7) is 0.473. The number of aromatic nitrogens is 3. The van der Waals surface area contributed by atoms with Crippen LogP contribution >= 0.6 is 11.3 Å². The smallest absolute Gasteiger partial charge is 0.347 e. The van der Waals surface area contributed by atoms with Crippen LogP contribution in [-0.4, -0.2) is 31.9 Å². The number of fused-ring (bicyclic) bond motifs is 1. The van der Waals surface area contributed by atoms with Crippen molar-refractivity contribution in [2.75, 3.05) is 10.6 Å². The van der Waals surface area contributed by atoms with Crippen LogP contribution in [-0.2, 0) is 6.54 Å². The van der Waals surface area contributed by atoms with Gasteiger partial charge in [-0.15, -0.1) is 0 Å². The molecule has 2 aromatic heterocycles. The number of nitrogens with zero attached hydrogens (tertiary/aromatic N) is 3. The van der Waals surface area contributed by atoms with Crippen LogP contribution in [0.15, 0.2) is 55.0 Å². The van der Waals surface area contributed by atoms with Crippen LogP contribution in [0.2, 0.25) is 0 Å². The summed E-state index contributed by atoms with van der Waals surface area (Å²) in [5, 5.41) is 16.6. The Balaban J connectivity index is 1.52. The van der Waals surface area contributed by atoms with Gasteiger partial charge in [-0.25, -0.2) is 19.7 Å². The topological polar surface area (TPSA) is 143 Å². The maximum atomic E-state index is 11.6. The van der Waals surface area contributed by atoms with Crippen molar-refractivity contribution in [2.24, 2.45) is 5.73 Å². The van der Waals surface area contributed by atoms with E-state index in [2.05, 4.69) is 25.6 Å². The molecule has 0 radical (unpaired) electrons. The third-order valence-corrected chi connectivity index (χ3v) is 5.19.